The van der Waals surface area contributed by atoms with E-state index in [9.17, 15) is 9.90 Å². The quantitative estimate of drug-likeness (QED) is 0.368. The van der Waals surface area contributed by atoms with E-state index in [-0.39, 0.29) is 18.3 Å². The molecule has 1 aromatic carbocycles. The molecule has 0 spiro atoms. The number of benzene rings is 1. The molecule has 0 saturated carbocycles. The van der Waals surface area contributed by atoms with Crippen LogP contribution in [0.5, 0.6) is 11.6 Å². The van der Waals surface area contributed by atoms with Gasteiger partial charge in [-0.15, -0.1) is 0 Å². The van der Waals surface area contributed by atoms with Gasteiger partial charge in [0.2, 0.25) is 5.88 Å². The topological polar surface area (TPSA) is 126 Å². The molecule has 0 unspecified atom stereocenters. The van der Waals surface area contributed by atoms with Gasteiger partial charge in [-0.2, -0.15) is 0 Å². The second kappa shape index (κ2) is 8.54. The van der Waals surface area contributed by atoms with Gasteiger partial charge in [0.25, 0.3) is 5.91 Å². The van der Waals surface area contributed by atoms with Gasteiger partial charge in [0.15, 0.2) is 0 Å². The molecular weight excluding hydrogens is 420 g/mol. The van der Waals surface area contributed by atoms with E-state index in [1.165, 1.54) is 6.07 Å². The zero-order valence-corrected chi connectivity index (χ0v) is 17.7. The first-order valence-electron chi connectivity index (χ1n) is 10.4. The largest absolute Gasteiger partial charge is 0.493 e. The fourth-order valence-corrected chi connectivity index (χ4v) is 3.56. The summed E-state index contributed by atoms with van der Waals surface area (Å²) in [7, 11) is 0. The average molecular weight is 440 g/mol. The molecule has 0 radical (unpaired) electrons. The maximum absolute atomic E-state index is 12.8. The van der Waals surface area contributed by atoms with E-state index in [0.29, 0.717) is 35.0 Å². The minimum Gasteiger partial charge on any atom is -0.493 e. The molecule has 0 atom stereocenters. The van der Waals surface area contributed by atoms with E-state index >= 15 is 0 Å². The summed E-state index contributed by atoms with van der Waals surface area (Å²) in [6.45, 7) is 2.65. The number of aromatic hydroxyl groups is 1. The Bertz CT molecular complexity index is 1430. The minimum absolute atomic E-state index is 0.0655. The van der Waals surface area contributed by atoms with E-state index in [1.807, 2.05) is 25.1 Å². The smallest absolute Gasteiger partial charge is 0.251 e. The van der Waals surface area contributed by atoms with Crippen LogP contribution in [-0.4, -0.2) is 42.5 Å². The van der Waals surface area contributed by atoms with Crippen molar-refractivity contribution in [2.24, 2.45) is 0 Å². The van der Waals surface area contributed by atoms with Crippen LogP contribution in [0.2, 0.25) is 0 Å². The Morgan fingerprint density at radius 2 is 2.00 bits per heavy atom. The molecule has 0 fully saturated rings. The van der Waals surface area contributed by atoms with Crippen LogP contribution in [0.15, 0.2) is 61.1 Å². The Morgan fingerprint density at radius 3 is 2.79 bits per heavy atom. The van der Waals surface area contributed by atoms with Crippen LogP contribution in [0.25, 0.3) is 33.2 Å². The fourth-order valence-electron chi connectivity index (χ4n) is 3.56. The summed E-state index contributed by atoms with van der Waals surface area (Å²) in [6, 6.07) is 12.2. The van der Waals surface area contributed by atoms with Crippen LogP contribution in [0.4, 0.5) is 0 Å². The van der Waals surface area contributed by atoms with E-state index < -0.39 is 0 Å². The van der Waals surface area contributed by atoms with Gasteiger partial charge >= 0.3 is 0 Å². The van der Waals surface area contributed by atoms with Gasteiger partial charge in [-0.05, 0) is 37.3 Å². The molecule has 164 valence electrons. The molecule has 3 N–H and O–H groups in total. The van der Waals surface area contributed by atoms with Gasteiger partial charge < -0.3 is 20.1 Å². The first-order valence-corrected chi connectivity index (χ1v) is 10.4. The SMILES string of the molecule is CCOc1cc(-c2ccc(O)nc2)nc2cc(C(=O)NCc3nc4cnccc4[nH]3)ccc12. The lowest BCUT2D eigenvalue weighted by Crippen LogP contribution is -2.23. The zero-order chi connectivity index (χ0) is 22.8. The lowest BCUT2D eigenvalue weighted by atomic mass is 10.1. The van der Waals surface area contributed by atoms with E-state index in [1.54, 1.807) is 36.8 Å². The van der Waals surface area contributed by atoms with E-state index in [0.717, 1.165) is 22.0 Å². The second-order valence-electron chi connectivity index (χ2n) is 7.33. The normalized spacial score (nSPS) is 11.1. The molecule has 5 aromatic rings. The molecule has 4 aromatic heterocycles. The number of carbonyl (C=O) groups excluding carboxylic acids is 1. The van der Waals surface area contributed by atoms with Gasteiger partial charge in [0.1, 0.15) is 17.1 Å². The number of rotatable bonds is 6. The molecule has 33 heavy (non-hydrogen) atoms. The van der Waals surface area contributed by atoms with Gasteiger partial charge in [-0.1, -0.05) is 0 Å². The zero-order valence-electron chi connectivity index (χ0n) is 17.7. The first-order chi connectivity index (χ1) is 16.1. The lowest BCUT2D eigenvalue weighted by Gasteiger charge is -2.11. The Kier molecular flexibility index (Phi) is 5.27. The van der Waals surface area contributed by atoms with Crippen molar-refractivity contribution in [3.8, 4) is 22.9 Å². The first kappa shape index (κ1) is 20.4. The maximum atomic E-state index is 12.8. The summed E-state index contributed by atoms with van der Waals surface area (Å²) < 4.78 is 5.81. The number of aromatic amines is 1. The minimum atomic E-state index is -0.244. The van der Waals surface area contributed by atoms with Crippen molar-refractivity contribution >= 4 is 27.8 Å². The third-order valence-electron chi connectivity index (χ3n) is 5.13. The Balaban J connectivity index is 1.44. The van der Waals surface area contributed by atoms with Gasteiger partial charge in [-0.25, -0.2) is 15.0 Å². The van der Waals surface area contributed by atoms with Crippen LogP contribution in [-0.2, 0) is 6.54 Å². The van der Waals surface area contributed by atoms with Crippen molar-refractivity contribution in [3.05, 3.63) is 72.4 Å². The third kappa shape index (κ3) is 4.16. The summed E-state index contributed by atoms with van der Waals surface area (Å²) in [5.74, 6) is 0.996. The molecule has 0 aliphatic heterocycles. The van der Waals surface area contributed by atoms with Crippen molar-refractivity contribution in [1.82, 2.24) is 30.2 Å². The maximum Gasteiger partial charge on any atom is 0.251 e. The van der Waals surface area contributed by atoms with E-state index in [2.05, 4.69) is 25.3 Å². The number of H-pyrrole nitrogens is 1. The van der Waals surface area contributed by atoms with Crippen LogP contribution < -0.4 is 10.1 Å². The molecule has 0 aliphatic carbocycles. The van der Waals surface area contributed by atoms with Crippen LogP contribution in [0.3, 0.4) is 0 Å². The molecule has 9 heteroatoms. The van der Waals surface area contributed by atoms with Crippen molar-refractivity contribution in [3.63, 3.8) is 0 Å². The monoisotopic (exact) mass is 440 g/mol. The fraction of sp³-hybridized carbons (Fsp3) is 0.125. The predicted molar refractivity (Wildman–Crippen MR) is 123 cm³/mol. The van der Waals surface area contributed by atoms with Crippen molar-refractivity contribution in [2.75, 3.05) is 6.61 Å². The van der Waals surface area contributed by atoms with Crippen molar-refractivity contribution < 1.29 is 14.6 Å². The highest BCUT2D eigenvalue weighted by molar-refractivity contribution is 5.99. The molecule has 0 aliphatic rings. The summed E-state index contributed by atoms with van der Waals surface area (Å²) in [5, 5.41) is 13.2. The van der Waals surface area contributed by atoms with Gasteiger partial charge in [-0.3, -0.25) is 9.78 Å². The number of pyridine rings is 3. The number of carbonyl (C=O) groups is 1. The van der Waals surface area contributed by atoms with Crippen molar-refractivity contribution in [2.45, 2.75) is 13.5 Å². The number of aromatic nitrogens is 5. The number of hydrogen-bond donors (Lipinski definition) is 3. The van der Waals surface area contributed by atoms with Crippen LogP contribution >= 0.6 is 0 Å². The molecule has 4 heterocycles. The Morgan fingerprint density at radius 1 is 1.09 bits per heavy atom. The predicted octanol–water partition coefficient (Wildman–Crippen LogP) is 3.60. The van der Waals surface area contributed by atoms with E-state index in [4.69, 9.17) is 9.72 Å². The molecule has 9 nitrogen and oxygen atoms in total. The number of amides is 1. The molecule has 5 rings (SSSR count). The summed E-state index contributed by atoms with van der Waals surface area (Å²) >= 11 is 0. The Hall–Kier alpha value is -4.53. The van der Waals surface area contributed by atoms with Gasteiger partial charge in [0, 0.05) is 41.0 Å². The highest BCUT2D eigenvalue weighted by Gasteiger charge is 2.13. The third-order valence-corrected chi connectivity index (χ3v) is 5.13. The molecular formula is C24H20N6O3. The number of fused-ring (bicyclic) bond motifs is 2. The number of ether oxygens (including phenoxy) is 1. The van der Waals surface area contributed by atoms with Crippen LogP contribution in [0.1, 0.15) is 23.1 Å². The van der Waals surface area contributed by atoms with Gasteiger partial charge in [0.05, 0.1) is 36.1 Å². The highest BCUT2D eigenvalue weighted by Crippen LogP contribution is 2.31. The number of nitrogens with one attached hydrogen (secondary N) is 2. The summed E-state index contributed by atoms with van der Waals surface area (Å²) in [4.78, 5) is 33.1. The van der Waals surface area contributed by atoms with Crippen molar-refractivity contribution in [1.29, 1.82) is 0 Å². The Labute approximate surface area is 188 Å². The second-order valence-corrected chi connectivity index (χ2v) is 7.33. The standard InChI is InChI=1S/C24H20N6O3/c1-2-33-21-10-18(15-4-6-23(31)26-11-15)28-19-9-14(3-5-16(19)21)24(32)27-13-22-29-17-7-8-25-12-20(17)30-22/h3-12H,2,13H2,1H3,(H,26,31)(H,27,32)(H,29,30). The lowest BCUT2D eigenvalue weighted by molar-refractivity contribution is 0.0950. The summed E-state index contributed by atoms with van der Waals surface area (Å²) in [6.07, 6.45) is 4.89. The summed E-state index contributed by atoms with van der Waals surface area (Å²) in [5.41, 5.74) is 4.06. The molecule has 0 saturated heterocycles. The number of imidazole rings is 1. The average Bonchev–Trinajstić information content (AvgIpc) is 3.26. The van der Waals surface area contributed by atoms with Crippen LogP contribution in [0, 0.1) is 0 Å². The highest BCUT2D eigenvalue weighted by atomic mass is 16.5. The number of nitrogens with zero attached hydrogens (tertiary/aromatic N) is 4. The molecule has 0 bridgehead atoms. The molecule has 1 amide bonds. The number of hydrogen-bond acceptors (Lipinski definition) is 7.